The number of carbonyl (C=O) groups is 1. The Morgan fingerprint density at radius 3 is 2.84 bits per heavy atom. The minimum absolute atomic E-state index is 0.147. The lowest BCUT2D eigenvalue weighted by molar-refractivity contribution is 0.0659. The standard InChI is InChI=1S/C19H22FN3O2/c1-22-18(24)11-10-17(21-22)19(25)23-12-4-5-14(13-23)8-9-15-6-2-3-7-16(15)20/h2-3,6-7,10-11,14H,4-5,8-9,12-13H2,1H3/t14-/m1/s1. The Hall–Kier alpha value is -2.50. The van der Waals surface area contributed by atoms with E-state index < -0.39 is 0 Å². The van der Waals surface area contributed by atoms with Gasteiger partial charge in [-0.25, -0.2) is 9.07 Å². The zero-order valence-electron chi connectivity index (χ0n) is 14.3. The zero-order valence-corrected chi connectivity index (χ0v) is 14.3. The van der Waals surface area contributed by atoms with Crippen molar-refractivity contribution in [2.75, 3.05) is 13.1 Å². The van der Waals surface area contributed by atoms with E-state index in [1.807, 2.05) is 12.1 Å². The Morgan fingerprint density at radius 2 is 2.08 bits per heavy atom. The molecule has 1 saturated heterocycles. The number of halogens is 1. The van der Waals surface area contributed by atoms with Crippen LogP contribution in [0.3, 0.4) is 0 Å². The lowest BCUT2D eigenvalue weighted by atomic mass is 9.91. The molecule has 2 heterocycles. The maximum atomic E-state index is 13.7. The van der Waals surface area contributed by atoms with Gasteiger partial charge in [-0.2, -0.15) is 5.10 Å². The van der Waals surface area contributed by atoms with E-state index >= 15 is 0 Å². The van der Waals surface area contributed by atoms with Gasteiger partial charge in [0.1, 0.15) is 11.5 Å². The summed E-state index contributed by atoms with van der Waals surface area (Å²) >= 11 is 0. The van der Waals surface area contributed by atoms with Crippen LogP contribution in [0.1, 0.15) is 35.3 Å². The number of aryl methyl sites for hydroxylation is 2. The van der Waals surface area contributed by atoms with Crippen molar-refractivity contribution < 1.29 is 9.18 Å². The number of piperidine rings is 1. The van der Waals surface area contributed by atoms with Crippen molar-refractivity contribution in [1.82, 2.24) is 14.7 Å². The van der Waals surface area contributed by atoms with Crippen LogP contribution in [0.15, 0.2) is 41.2 Å². The molecule has 0 spiro atoms. The largest absolute Gasteiger partial charge is 0.337 e. The van der Waals surface area contributed by atoms with Gasteiger partial charge >= 0.3 is 0 Å². The van der Waals surface area contributed by atoms with Crippen molar-refractivity contribution >= 4 is 5.91 Å². The van der Waals surface area contributed by atoms with Crippen molar-refractivity contribution in [3.05, 3.63) is 63.8 Å². The third kappa shape index (κ3) is 4.13. The SMILES string of the molecule is Cn1nc(C(=O)N2CCC[C@H](CCc3ccccc3F)C2)ccc1=O. The molecule has 6 heteroatoms. The van der Waals surface area contributed by atoms with E-state index in [2.05, 4.69) is 5.10 Å². The van der Waals surface area contributed by atoms with E-state index in [9.17, 15) is 14.0 Å². The van der Waals surface area contributed by atoms with Crippen LogP contribution < -0.4 is 5.56 Å². The molecule has 3 rings (SSSR count). The third-order valence-electron chi connectivity index (χ3n) is 4.77. The minimum atomic E-state index is -0.238. The number of benzene rings is 1. The summed E-state index contributed by atoms with van der Waals surface area (Å²) in [5, 5.41) is 4.04. The molecule has 0 N–H and O–H groups in total. The molecule has 1 aromatic heterocycles. The molecule has 25 heavy (non-hydrogen) atoms. The van der Waals surface area contributed by atoms with Gasteiger partial charge in [-0.05, 0) is 49.3 Å². The van der Waals surface area contributed by atoms with Crippen LogP contribution in [0.4, 0.5) is 4.39 Å². The molecule has 5 nitrogen and oxygen atoms in total. The summed E-state index contributed by atoms with van der Waals surface area (Å²) in [6.45, 7) is 1.34. The molecule has 1 fully saturated rings. The second-order valence-corrected chi connectivity index (χ2v) is 6.57. The molecule has 0 aliphatic carbocycles. The average molecular weight is 343 g/mol. The monoisotopic (exact) mass is 343 g/mol. The summed E-state index contributed by atoms with van der Waals surface area (Å²) in [7, 11) is 1.53. The molecule has 1 aliphatic heterocycles. The summed E-state index contributed by atoms with van der Waals surface area (Å²) in [4.78, 5) is 25.8. The van der Waals surface area contributed by atoms with Crippen LogP contribution in [0, 0.1) is 11.7 Å². The summed E-state index contributed by atoms with van der Waals surface area (Å²) in [6, 6.07) is 9.68. The first kappa shape index (κ1) is 17.3. The van der Waals surface area contributed by atoms with E-state index in [-0.39, 0.29) is 23.0 Å². The predicted octanol–water partition coefficient (Wildman–Crippen LogP) is 2.40. The maximum Gasteiger partial charge on any atom is 0.274 e. The highest BCUT2D eigenvalue weighted by Crippen LogP contribution is 2.23. The Kier molecular flexibility index (Phi) is 5.26. The highest BCUT2D eigenvalue weighted by atomic mass is 19.1. The molecule has 0 radical (unpaired) electrons. The third-order valence-corrected chi connectivity index (χ3v) is 4.77. The molecule has 1 atom stereocenters. The average Bonchev–Trinajstić information content (AvgIpc) is 2.63. The van der Waals surface area contributed by atoms with Gasteiger partial charge in [0.2, 0.25) is 0 Å². The van der Waals surface area contributed by atoms with E-state index in [1.165, 1.54) is 29.9 Å². The first-order valence-corrected chi connectivity index (χ1v) is 8.61. The summed E-state index contributed by atoms with van der Waals surface area (Å²) in [5.74, 6) is 0.0386. The van der Waals surface area contributed by atoms with Gasteiger partial charge in [-0.1, -0.05) is 18.2 Å². The quantitative estimate of drug-likeness (QED) is 0.857. The number of hydrogen-bond donors (Lipinski definition) is 0. The molecule has 0 bridgehead atoms. The van der Waals surface area contributed by atoms with Crippen LogP contribution in [0.2, 0.25) is 0 Å². The molecule has 1 aromatic carbocycles. The van der Waals surface area contributed by atoms with Crippen molar-refractivity contribution in [1.29, 1.82) is 0 Å². The van der Waals surface area contributed by atoms with Gasteiger partial charge in [0, 0.05) is 26.2 Å². The van der Waals surface area contributed by atoms with Crippen molar-refractivity contribution in [2.24, 2.45) is 13.0 Å². The number of aromatic nitrogens is 2. The lowest BCUT2D eigenvalue weighted by Crippen LogP contribution is -2.41. The summed E-state index contributed by atoms with van der Waals surface area (Å²) < 4.78 is 14.9. The first-order valence-electron chi connectivity index (χ1n) is 8.61. The van der Waals surface area contributed by atoms with Crippen LogP contribution >= 0.6 is 0 Å². The molecule has 0 saturated carbocycles. The van der Waals surface area contributed by atoms with Gasteiger partial charge in [-0.3, -0.25) is 9.59 Å². The topological polar surface area (TPSA) is 55.2 Å². The first-order chi connectivity index (χ1) is 12.0. The fraction of sp³-hybridized carbons (Fsp3) is 0.421. The van der Waals surface area contributed by atoms with E-state index in [0.29, 0.717) is 25.4 Å². The number of amides is 1. The summed E-state index contributed by atoms with van der Waals surface area (Å²) in [6.07, 6.45) is 3.50. The number of carbonyl (C=O) groups excluding carboxylic acids is 1. The van der Waals surface area contributed by atoms with Gasteiger partial charge in [0.25, 0.3) is 11.5 Å². The fourth-order valence-electron chi connectivity index (χ4n) is 3.32. The van der Waals surface area contributed by atoms with E-state index in [0.717, 1.165) is 24.8 Å². The summed E-state index contributed by atoms with van der Waals surface area (Å²) in [5.41, 5.74) is 0.778. The van der Waals surface area contributed by atoms with Gasteiger partial charge in [0.15, 0.2) is 0 Å². The van der Waals surface area contributed by atoms with Crippen molar-refractivity contribution in [3.63, 3.8) is 0 Å². The molecule has 132 valence electrons. The molecule has 2 aromatic rings. The minimum Gasteiger partial charge on any atom is -0.337 e. The number of nitrogens with zero attached hydrogens (tertiary/aromatic N) is 3. The molecule has 1 amide bonds. The predicted molar refractivity (Wildman–Crippen MR) is 92.8 cm³/mol. The highest BCUT2D eigenvalue weighted by Gasteiger charge is 2.25. The number of likely N-dealkylation sites (tertiary alicyclic amines) is 1. The van der Waals surface area contributed by atoms with E-state index in [4.69, 9.17) is 0 Å². The number of rotatable bonds is 4. The van der Waals surface area contributed by atoms with Crippen LogP contribution in [-0.4, -0.2) is 33.7 Å². The van der Waals surface area contributed by atoms with Crippen LogP contribution in [0.5, 0.6) is 0 Å². The lowest BCUT2D eigenvalue weighted by Gasteiger charge is -2.32. The van der Waals surface area contributed by atoms with Crippen LogP contribution in [-0.2, 0) is 13.5 Å². The number of hydrogen-bond acceptors (Lipinski definition) is 3. The normalized spacial score (nSPS) is 17.5. The Balaban J connectivity index is 1.62. The van der Waals surface area contributed by atoms with Gasteiger partial charge < -0.3 is 4.90 Å². The Bertz CT molecular complexity index is 818. The zero-order chi connectivity index (χ0) is 17.8. The van der Waals surface area contributed by atoms with Crippen LogP contribution in [0.25, 0.3) is 0 Å². The fourth-order valence-corrected chi connectivity index (χ4v) is 3.32. The van der Waals surface area contributed by atoms with E-state index in [1.54, 1.807) is 11.0 Å². The molecule has 0 unspecified atom stereocenters. The smallest absolute Gasteiger partial charge is 0.274 e. The Morgan fingerprint density at radius 1 is 1.28 bits per heavy atom. The van der Waals surface area contributed by atoms with Crippen molar-refractivity contribution in [2.45, 2.75) is 25.7 Å². The second kappa shape index (κ2) is 7.59. The van der Waals surface area contributed by atoms with Gasteiger partial charge in [0.05, 0.1) is 0 Å². The highest BCUT2D eigenvalue weighted by molar-refractivity contribution is 5.92. The van der Waals surface area contributed by atoms with Gasteiger partial charge in [-0.15, -0.1) is 0 Å². The van der Waals surface area contributed by atoms with Crippen molar-refractivity contribution in [3.8, 4) is 0 Å². The molecule has 1 aliphatic rings. The maximum absolute atomic E-state index is 13.7. The molecular weight excluding hydrogens is 321 g/mol. The second-order valence-electron chi connectivity index (χ2n) is 6.57. The molecular formula is C19H22FN3O2. The Labute approximate surface area is 146 Å².